The third-order valence-corrected chi connectivity index (χ3v) is 1.13. The topological polar surface area (TPSA) is 25.8 Å². The molecule has 0 aliphatic rings. The Morgan fingerprint density at radius 1 is 1.33 bits per heavy atom. The fourth-order valence-electron chi connectivity index (χ4n) is 0.552. The Kier molecular flexibility index (Phi) is 1.78. The zero-order chi connectivity index (χ0) is 6.69. The summed E-state index contributed by atoms with van der Waals surface area (Å²) < 4.78 is 0. The molecule has 1 aromatic heterocycles. The molecule has 2 nitrogen and oxygen atoms in total. The summed E-state index contributed by atoms with van der Waals surface area (Å²) >= 11 is 0. The fourth-order valence-corrected chi connectivity index (χ4v) is 0.552. The van der Waals surface area contributed by atoms with Crippen molar-refractivity contribution >= 4 is 0 Å². The molecule has 0 aliphatic carbocycles. The summed E-state index contributed by atoms with van der Waals surface area (Å²) in [7, 11) is 0. The minimum absolute atomic E-state index is 0.820. The molecule has 0 saturated carbocycles. The second-order valence-corrected chi connectivity index (χ2v) is 1.85. The van der Waals surface area contributed by atoms with Gasteiger partial charge in [0.15, 0.2) is 0 Å². The van der Waals surface area contributed by atoms with Crippen LogP contribution in [0, 0.1) is 13.3 Å². The summed E-state index contributed by atoms with van der Waals surface area (Å²) in [5, 5.41) is 0. The van der Waals surface area contributed by atoms with Crippen LogP contribution in [0.4, 0.5) is 0 Å². The first-order chi connectivity index (χ1) is 4.33. The number of rotatable bonds is 1. The molecule has 47 valence electrons. The van der Waals surface area contributed by atoms with Gasteiger partial charge in [-0.3, -0.25) is 0 Å². The molecule has 0 spiro atoms. The second kappa shape index (κ2) is 2.58. The van der Waals surface area contributed by atoms with E-state index in [0.717, 1.165) is 11.4 Å². The summed E-state index contributed by atoms with van der Waals surface area (Å²) in [6, 6.07) is 0. The van der Waals surface area contributed by atoms with E-state index >= 15 is 0 Å². The van der Waals surface area contributed by atoms with Gasteiger partial charge in [0, 0.05) is 12.4 Å². The Labute approximate surface area is 55.0 Å². The predicted molar refractivity (Wildman–Crippen MR) is 35.8 cm³/mol. The van der Waals surface area contributed by atoms with Gasteiger partial charge in [0.2, 0.25) is 0 Å². The number of hydrogen-bond acceptors (Lipinski definition) is 2. The molecule has 0 atom stereocenters. The number of hydrogen-bond donors (Lipinski definition) is 0. The normalized spacial score (nSPS) is 9.56. The maximum atomic E-state index is 4.01. The van der Waals surface area contributed by atoms with Crippen molar-refractivity contribution in [2.24, 2.45) is 0 Å². The molecule has 0 saturated heterocycles. The first-order valence-electron chi connectivity index (χ1n) is 2.91. The fraction of sp³-hybridized carbons (Fsp3) is 0.286. The highest BCUT2D eigenvalue weighted by Crippen LogP contribution is 1.96. The summed E-state index contributed by atoms with van der Waals surface area (Å²) in [6.45, 7) is 3.84. The summed E-state index contributed by atoms with van der Waals surface area (Å²) in [5.74, 6) is 0.820. The molecule has 1 aromatic rings. The minimum Gasteiger partial charge on any atom is -0.241 e. The van der Waals surface area contributed by atoms with E-state index in [1.54, 1.807) is 0 Å². The van der Waals surface area contributed by atoms with Crippen LogP contribution < -0.4 is 0 Å². The van der Waals surface area contributed by atoms with E-state index in [-0.39, 0.29) is 0 Å². The lowest BCUT2D eigenvalue weighted by atomic mass is 10.3. The zero-order valence-corrected chi connectivity index (χ0v) is 5.63. The summed E-state index contributed by atoms with van der Waals surface area (Å²) in [6.07, 6.45) is 5.59. The van der Waals surface area contributed by atoms with E-state index in [1.807, 2.05) is 32.7 Å². The summed E-state index contributed by atoms with van der Waals surface area (Å²) in [5.41, 5.74) is 1.07. The van der Waals surface area contributed by atoms with E-state index < -0.39 is 0 Å². The zero-order valence-electron chi connectivity index (χ0n) is 5.63. The number of nitrogens with zero attached hydrogens (tertiary/aromatic N) is 2. The lowest BCUT2D eigenvalue weighted by Crippen LogP contribution is -1.87. The highest BCUT2D eigenvalue weighted by atomic mass is 14.8. The molecule has 0 N–H and O–H groups in total. The smallest absolute Gasteiger partial charge is 0.125 e. The van der Waals surface area contributed by atoms with Crippen LogP contribution in [-0.4, -0.2) is 9.97 Å². The third kappa shape index (κ3) is 1.49. The van der Waals surface area contributed by atoms with E-state index in [2.05, 4.69) is 9.97 Å². The Morgan fingerprint density at radius 2 is 1.89 bits per heavy atom. The van der Waals surface area contributed by atoms with Crippen molar-refractivity contribution in [2.45, 2.75) is 13.8 Å². The monoisotopic (exact) mass is 121 g/mol. The van der Waals surface area contributed by atoms with Crippen molar-refractivity contribution in [3.63, 3.8) is 0 Å². The van der Waals surface area contributed by atoms with Crippen molar-refractivity contribution in [1.82, 2.24) is 9.97 Å². The van der Waals surface area contributed by atoms with Crippen LogP contribution >= 0.6 is 0 Å². The van der Waals surface area contributed by atoms with Crippen LogP contribution in [0.2, 0.25) is 0 Å². The lowest BCUT2D eigenvalue weighted by Gasteiger charge is -1.92. The van der Waals surface area contributed by atoms with Gasteiger partial charge in [0.05, 0.1) is 0 Å². The van der Waals surface area contributed by atoms with Crippen molar-refractivity contribution in [2.75, 3.05) is 0 Å². The molecule has 2 heteroatoms. The van der Waals surface area contributed by atoms with Crippen LogP contribution in [-0.2, 0) is 0 Å². The maximum absolute atomic E-state index is 4.01. The molecular weight excluding hydrogens is 112 g/mol. The van der Waals surface area contributed by atoms with Gasteiger partial charge >= 0.3 is 0 Å². The Hall–Kier alpha value is -0.920. The van der Waals surface area contributed by atoms with E-state index in [9.17, 15) is 0 Å². The van der Waals surface area contributed by atoms with Crippen molar-refractivity contribution in [3.05, 3.63) is 30.2 Å². The van der Waals surface area contributed by atoms with Crippen molar-refractivity contribution < 1.29 is 0 Å². The Balaban J connectivity index is 2.88. The van der Waals surface area contributed by atoms with Gasteiger partial charge < -0.3 is 0 Å². The summed E-state index contributed by atoms with van der Waals surface area (Å²) in [4.78, 5) is 8.02. The third-order valence-electron chi connectivity index (χ3n) is 1.13. The van der Waals surface area contributed by atoms with Crippen molar-refractivity contribution in [1.29, 1.82) is 0 Å². The van der Waals surface area contributed by atoms with Gasteiger partial charge in [-0.2, -0.15) is 0 Å². The molecule has 0 fully saturated rings. The Bertz CT molecular complexity index is 179. The molecule has 9 heavy (non-hydrogen) atoms. The van der Waals surface area contributed by atoms with Gasteiger partial charge in [-0.25, -0.2) is 9.97 Å². The average molecular weight is 121 g/mol. The van der Waals surface area contributed by atoms with Gasteiger partial charge in [-0.05, 0) is 18.9 Å². The SMILES string of the molecule is C[CH]c1cnc(C)nc1. The highest BCUT2D eigenvalue weighted by Gasteiger charge is 1.87. The molecule has 0 bridgehead atoms. The minimum atomic E-state index is 0.820. The van der Waals surface area contributed by atoms with Gasteiger partial charge in [0.1, 0.15) is 5.82 Å². The molecule has 0 aromatic carbocycles. The molecule has 0 unspecified atom stereocenters. The van der Waals surface area contributed by atoms with Gasteiger partial charge in [0.25, 0.3) is 0 Å². The molecule has 1 heterocycles. The molecule has 0 amide bonds. The first-order valence-corrected chi connectivity index (χ1v) is 2.91. The first kappa shape index (κ1) is 6.20. The average Bonchev–Trinajstić information content (AvgIpc) is 1.90. The largest absolute Gasteiger partial charge is 0.241 e. The van der Waals surface area contributed by atoms with E-state index in [1.165, 1.54) is 0 Å². The highest BCUT2D eigenvalue weighted by molar-refractivity contribution is 5.13. The van der Waals surface area contributed by atoms with Crippen LogP contribution in [0.3, 0.4) is 0 Å². The van der Waals surface area contributed by atoms with Crippen molar-refractivity contribution in [3.8, 4) is 0 Å². The van der Waals surface area contributed by atoms with Gasteiger partial charge in [-0.1, -0.05) is 6.92 Å². The Morgan fingerprint density at radius 3 is 2.33 bits per heavy atom. The predicted octanol–water partition coefficient (Wildman–Crippen LogP) is 1.36. The van der Waals surface area contributed by atoms with Crippen LogP contribution in [0.1, 0.15) is 18.3 Å². The molecular formula is C7H9N2. The van der Waals surface area contributed by atoms with E-state index in [0.29, 0.717) is 0 Å². The lowest BCUT2D eigenvalue weighted by molar-refractivity contribution is 1.03. The molecule has 1 rings (SSSR count). The second-order valence-electron chi connectivity index (χ2n) is 1.85. The maximum Gasteiger partial charge on any atom is 0.125 e. The number of aryl methyl sites for hydroxylation is 1. The number of aromatic nitrogens is 2. The van der Waals surface area contributed by atoms with Crippen LogP contribution in [0.25, 0.3) is 0 Å². The molecule has 1 radical (unpaired) electrons. The van der Waals surface area contributed by atoms with Crippen LogP contribution in [0.15, 0.2) is 12.4 Å². The standard InChI is InChI=1S/C7H9N2/c1-3-7-4-8-6(2)9-5-7/h3-5H,1-2H3. The van der Waals surface area contributed by atoms with E-state index in [4.69, 9.17) is 0 Å². The van der Waals surface area contributed by atoms with Crippen LogP contribution in [0.5, 0.6) is 0 Å². The molecule has 0 aliphatic heterocycles. The quantitative estimate of drug-likeness (QED) is 0.560. The van der Waals surface area contributed by atoms with Gasteiger partial charge in [-0.15, -0.1) is 0 Å².